The predicted octanol–water partition coefficient (Wildman–Crippen LogP) is 8.09. The zero-order valence-corrected chi connectivity index (χ0v) is 24.9. The van der Waals surface area contributed by atoms with Crippen molar-refractivity contribution in [2.75, 3.05) is 7.11 Å². The third-order valence-corrected chi connectivity index (χ3v) is 8.02. The number of thioether (sulfide) groups is 1. The van der Waals surface area contributed by atoms with E-state index in [9.17, 15) is 4.79 Å². The molecule has 0 bridgehead atoms. The number of para-hydroxylation sites is 1. The summed E-state index contributed by atoms with van der Waals surface area (Å²) in [7, 11) is 1.39. The number of benzene rings is 3. The van der Waals surface area contributed by atoms with Crippen molar-refractivity contribution in [2.24, 2.45) is 0 Å². The van der Waals surface area contributed by atoms with E-state index in [-0.39, 0.29) is 18.5 Å². The highest BCUT2D eigenvalue weighted by atomic mass is 35.5. The van der Waals surface area contributed by atoms with Crippen LogP contribution in [0.2, 0.25) is 10.0 Å². The highest BCUT2D eigenvalue weighted by molar-refractivity contribution is 7.99. The normalized spacial score (nSPS) is 12.0. The van der Waals surface area contributed by atoms with Crippen molar-refractivity contribution in [3.05, 3.63) is 98.8 Å². The Balaban J connectivity index is 1.45. The summed E-state index contributed by atoms with van der Waals surface area (Å²) in [5.41, 5.74) is 5.21. The molecule has 0 radical (unpaired) electrons. The van der Waals surface area contributed by atoms with Crippen molar-refractivity contribution in [3.63, 3.8) is 0 Å². The zero-order chi connectivity index (χ0) is 28.1. The summed E-state index contributed by atoms with van der Waals surface area (Å²) in [6.45, 7) is 8.70. The maximum atomic E-state index is 11.7. The Bertz CT molecular complexity index is 1430. The van der Waals surface area contributed by atoms with Gasteiger partial charge in [0.25, 0.3) is 0 Å². The molecule has 39 heavy (non-hydrogen) atoms. The average Bonchev–Trinajstić information content (AvgIpc) is 3.32. The fraction of sp³-hybridized carbons (Fsp3) is 0.300. The molecule has 204 valence electrons. The van der Waals surface area contributed by atoms with Gasteiger partial charge in [0.15, 0.2) is 0 Å². The van der Waals surface area contributed by atoms with Crippen LogP contribution in [0.15, 0.2) is 65.6 Å². The lowest BCUT2D eigenvalue weighted by atomic mass is 10.0. The molecule has 6 nitrogen and oxygen atoms in total. The van der Waals surface area contributed by atoms with E-state index in [1.54, 1.807) is 46.8 Å². The first-order valence-electron chi connectivity index (χ1n) is 12.6. The van der Waals surface area contributed by atoms with Crippen molar-refractivity contribution >= 4 is 40.9 Å². The highest BCUT2D eigenvalue weighted by Gasteiger charge is 2.21. The minimum absolute atomic E-state index is 0.151. The summed E-state index contributed by atoms with van der Waals surface area (Å²) < 4.78 is 12.7. The summed E-state index contributed by atoms with van der Waals surface area (Å²) in [5, 5.41) is 10.1. The first-order chi connectivity index (χ1) is 18.7. The lowest BCUT2D eigenvalue weighted by Gasteiger charge is -2.16. The number of halogens is 2. The number of hydrogen-bond donors (Lipinski definition) is 0. The third kappa shape index (κ3) is 6.96. The zero-order valence-electron chi connectivity index (χ0n) is 22.6. The Morgan fingerprint density at radius 1 is 1.03 bits per heavy atom. The first-order valence-corrected chi connectivity index (χ1v) is 14.3. The number of hydrogen-bond acceptors (Lipinski definition) is 6. The van der Waals surface area contributed by atoms with Crippen molar-refractivity contribution in [3.8, 4) is 11.4 Å². The molecule has 0 aliphatic rings. The highest BCUT2D eigenvalue weighted by Crippen LogP contribution is 2.32. The fourth-order valence-corrected chi connectivity index (χ4v) is 5.86. The van der Waals surface area contributed by atoms with Crippen molar-refractivity contribution in [2.45, 2.75) is 56.8 Å². The molecule has 0 N–H and O–H groups in total. The van der Waals surface area contributed by atoms with Crippen LogP contribution in [0.1, 0.15) is 59.6 Å². The van der Waals surface area contributed by atoms with E-state index >= 15 is 0 Å². The SMILES string of the molecule is COC(=O)c1ccc(SC(C)Cc2ccc(OCc3c(C(C)C)nnn3-c3c(Cl)cccc3Cl)cc2C)cc1. The number of aryl methyl sites for hydroxylation is 1. The maximum Gasteiger partial charge on any atom is 0.337 e. The van der Waals surface area contributed by atoms with Crippen LogP contribution in [0, 0.1) is 6.92 Å². The quantitative estimate of drug-likeness (QED) is 0.139. The second-order valence-electron chi connectivity index (χ2n) is 9.58. The molecule has 0 aliphatic heterocycles. The van der Waals surface area contributed by atoms with Gasteiger partial charge in [-0.05, 0) is 78.9 Å². The second kappa shape index (κ2) is 12.9. The van der Waals surface area contributed by atoms with Crippen LogP contribution in [0.5, 0.6) is 5.75 Å². The van der Waals surface area contributed by atoms with Crippen LogP contribution in [0.25, 0.3) is 5.69 Å². The Morgan fingerprint density at radius 3 is 2.33 bits per heavy atom. The van der Waals surface area contributed by atoms with Gasteiger partial charge in [0.05, 0.1) is 28.4 Å². The third-order valence-electron chi connectivity index (χ3n) is 6.30. The molecule has 9 heteroatoms. The van der Waals surface area contributed by atoms with Crippen molar-refractivity contribution in [1.29, 1.82) is 0 Å². The molecule has 0 fully saturated rings. The van der Waals surface area contributed by atoms with Gasteiger partial charge < -0.3 is 9.47 Å². The molecule has 1 aromatic heterocycles. The molecule has 0 saturated heterocycles. The van der Waals surface area contributed by atoms with Crippen LogP contribution in [-0.4, -0.2) is 33.3 Å². The summed E-state index contributed by atoms with van der Waals surface area (Å²) in [4.78, 5) is 12.8. The Labute approximate surface area is 243 Å². The topological polar surface area (TPSA) is 66.2 Å². The largest absolute Gasteiger partial charge is 0.487 e. The molecule has 4 rings (SSSR count). The minimum Gasteiger partial charge on any atom is -0.487 e. The standard InChI is InChI=1S/C30H31Cl2N3O3S/c1-18(2)28-27(35(34-33-28)29-25(31)7-6-8-26(29)32)17-38-23-12-9-22(19(3)15-23)16-20(4)39-24-13-10-21(11-14-24)30(36)37-5/h6-15,18,20H,16-17H2,1-5H3. The van der Waals surface area contributed by atoms with Crippen molar-refractivity contribution in [1.82, 2.24) is 15.0 Å². The van der Waals surface area contributed by atoms with Gasteiger partial charge in [-0.15, -0.1) is 16.9 Å². The van der Waals surface area contributed by atoms with Gasteiger partial charge in [-0.25, -0.2) is 9.48 Å². The van der Waals surface area contributed by atoms with Crippen LogP contribution in [0.4, 0.5) is 0 Å². The van der Waals surface area contributed by atoms with Gasteiger partial charge in [0.2, 0.25) is 0 Å². The molecular weight excluding hydrogens is 553 g/mol. The van der Waals surface area contributed by atoms with Gasteiger partial charge in [-0.2, -0.15) is 0 Å². The molecule has 0 amide bonds. The number of ether oxygens (including phenoxy) is 2. The molecular formula is C30H31Cl2N3O3S. The van der Waals surface area contributed by atoms with Crippen LogP contribution in [0.3, 0.4) is 0 Å². The van der Waals surface area contributed by atoms with Gasteiger partial charge >= 0.3 is 5.97 Å². The molecule has 1 unspecified atom stereocenters. The summed E-state index contributed by atoms with van der Waals surface area (Å²) in [5.74, 6) is 0.590. The summed E-state index contributed by atoms with van der Waals surface area (Å²) in [6.07, 6.45) is 0.898. The van der Waals surface area contributed by atoms with E-state index in [4.69, 9.17) is 32.7 Å². The second-order valence-corrected chi connectivity index (χ2v) is 11.9. The number of carbonyl (C=O) groups is 1. The summed E-state index contributed by atoms with van der Waals surface area (Å²) in [6, 6.07) is 19.0. The summed E-state index contributed by atoms with van der Waals surface area (Å²) >= 11 is 14.7. The van der Waals surface area contributed by atoms with E-state index in [0.29, 0.717) is 26.5 Å². The Kier molecular flexibility index (Phi) is 9.59. The lowest BCUT2D eigenvalue weighted by molar-refractivity contribution is 0.0600. The van der Waals surface area contributed by atoms with Gasteiger partial charge in [0, 0.05) is 10.1 Å². The minimum atomic E-state index is -0.327. The number of rotatable bonds is 10. The smallest absolute Gasteiger partial charge is 0.337 e. The van der Waals surface area contributed by atoms with Gasteiger partial charge in [-0.3, -0.25) is 0 Å². The molecule has 0 spiro atoms. The molecule has 1 atom stereocenters. The predicted molar refractivity (Wildman–Crippen MR) is 158 cm³/mol. The fourth-order valence-electron chi connectivity index (χ4n) is 4.28. The van der Waals surface area contributed by atoms with E-state index in [2.05, 4.69) is 50.1 Å². The molecule has 3 aromatic carbocycles. The molecule has 1 heterocycles. The number of carbonyl (C=O) groups excluding carboxylic acids is 1. The Hall–Kier alpha value is -3.00. The Morgan fingerprint density at radius 2 is 1.72 bits per heavy atom. The maximum absolute atomic E-state index is 11.7. The van der Waals surface area contributed by atoms with E-state index in [1.807, 2.05) is 18.2 Å². The molecule has 0 saturated carbocycles. The number of nitrogens with zero attached hydrogens (tertiary/aromatic N) is 3. The average molecular weight is 585 g/mol. The lowest BCUT2D eigenvalue weighted by Crippen LogP contribution is -2.09. The van der Waals surface area contributed by atoms with E-state index < -0.39 is 0 Å². The number of esters is 1. The number of methoxy groups -OCH3 is 1. The van der Waals surface area contributed by atoms with Crippen LogP contribution in [-0.2, 0) is 17.8 Å². The van der Waals surface area contributed by atoms with E-state index in [0.717, 1.165) is 34.0 Å². The van der Waals surface area contributed by atoms with Gasteiger partial charge in [0.1, 0.15) is 23.7 Å². The first kappa shape index (κ1) is 29.0. The van der Waals surface area contributed by atoms with Crippen molar-refractivity contribution < 1.29 is 14.3 Å². The molecule has 4 aromatic rings. The monoisotopic (exact) mass is 583 g/mol. The van der Waals surface area contributed by atoms with E-state index in [1.165, 1.54) is 12.7 Å². The molecule has 0 aliphatic carbocycles. The number of aromatic nitrogens is 3. The van der Waals surface area contributed by atoms with Crippen LogP contribution < -0.4 is 4.74 Å². The van der Waals surface area contributed by atoms with Crippen LogP contribution >= 0.6 is 35.0 Å². The van der Waals surface area contributed by atoms with Gasteiger partial charge in [-0.1, -0.05) is 61.3 Å².